The highest BCUT2D eigenvalue weighted by Gasteiger charge is 2.50. The number of amidine groups is 2. The molecule has 0 bridgehead atoms. The van der Waals surface area contributed by atoms with Crippen LogP contribution in [0.3, 0.4) is 0 Å². The Morgan fingerprint density at radius 2 is 1.87 bits per heavy atom. The van der Waals surface area contributed by atoms with Crippen molar-refractivity contribution >= 4 is 51.7 Å². The molecule has 1 spiro atoms. The minimum Gasteiger partial charge on any atom is -0.481 e. The Kier molecular flexibility index (Phi) is 6.16. The topological polar surface area (TPSA) is 65.3 Å². The van der Waals surface area contributed by atoms with Gasteiger partial charge in [-0.15, -0.1) is 0 Å². The van der Waals surface area contributed by atoms with E-state index in [1.807, 2.05) is 55.5 Å². The summed E-state index contributed by atoms with van der Waals surface area (Å²) in [5.74, 6) is -0.185. The summed E-state index contributed by atoms with van der Waals surface area (Å²) in [6.07, 6.45) is 5.13. The number of aliphatic imine (C=N–C) groups is 2. The van der Waals surface area contributed by atoms with E-state index in [0.29, 0.717) is 10.2 Å². The number of halogens is 1. The lowest BCUT2D eigenvalue weighted by Crippen LogP contribution is -2.53. The third kappa shape index (κ3) is 4.12. The zero-order valence-corrected chi connectivity index (χ0v) is 18.4. The third-order valence-electron chi connectivity index (χ3n) is 5.60. The SMILES string of the molecule is Cc1ccc(N=C2N=C(SCC(=O)O)N(c3ccccc3Cl)C23CCCCC3)cc1. The highest BCUT2D eigenvalue weighted by atomic mass is 35.5. The number of carbonyl (C=O) groups is 1. The van der Waals surface area contributed by atoms with Crippen LogP contribution in [0, 0.1) is 6.92 Å². The lowest BCUT2D eigenvalue weighted by atomic mass is 9.79. The number of nitrogens with zero attached hydrogens (tertiary/aromatic N) is 3. The molecule has 0 amide bonds. The van der Waals surface area contributed by atoms with E-state index in [4.69, 9.17) is 21.6 Å². The van der Waals surface area contributed by atoms with Gasteiger partial charge in [-0.3, -0.25) is 4.79 Å². The third-order valence-corrected chi connectivity index (χ3v) is 6.85. The molecular weight excluding hydrogens is 418 g/mol. The number of hydrogen-bond donors (Lipinski definition) is 1. The van der Waals surface area contributed by atoms with Crippen LogP contribution in [0.4, 0.5) is 11.4 Å². The van der Waals surface area contributed by atoms with Crippen LogP contribution in [0.5, 0.6) is 0 Å². The molecular formula is C23H24ClN3O2S. The van der Waals surface area contributed by atoms with Crippen molar-refractivity contribution in [3.63, 3.8) is 0 Å². The van der Waals surface area contributed by atoms with Gasteiger partial charge in [-0.1, -0.05) is 72.5 Å². The first kappa shape index (κ1) is 20.9. The summed E-state index contributed by atoms with van der Waals surface area (Å²) in [6, 6.07) is 15.8. The number of carboxylic acids is 1. The number of aryl methyl sites for hydroxylation is 1. The average Bonchev–Trinajstić information content (AvgIpc) is 3.01. The van der Waals surface area contributed by atoms with Crippen molar-refractivity contribution in [2.75, 3.05) is 10.7 Å². The molecule has 0 unspecified atom stereocenters. The summed E-state index contributed by atoms with van der Waals surface area (Å²) in [7, 11) is 0. The standard InChI is InChI=1S/C23H24ClN3O2S/c1-16-9-11-17(12-10-16)25-21-23(13-5-2-6-14-23)27(19-8-4-3-7-18(19)24)22(26-21)30-15-20(28)29/h3-4,7-12H,2,5-6,13-15H2,1H3,(H,28,29). The zero-order chi connectivity index (χ0) is 21.1. The quantitative estimate of drug-likeness (QED) is 0.624. The summed E-state index contributed by atoms with van der Waals surface area (Å²) in [4.78, 5) is 23.3. The van der Waals surface area contributed by atoms with Crippen LogP contribution in [0.25, 0.3) is 0 Å². The highest BCUT2D eigenvalue weighted by molar-refractivity contribution is 8.14. The van der Waals surface area contributed by atoms with Crippen LogP contribution < -0.4 is 4.90 Å². The van der Waals surface area contributed by atoms with Gasteiger partial charge in [0.1, 0.15) is 5.54 Å². The second-order valence-electron chi connectivity index (χ2n) is 7.73. The molecule has 1 saturated carbocycles. The molecule has 2 aromatic rings. The van der Waals surface area contributed by atoms with Crippen LogP contribution >= 0.6 is 23.4 Å². The van der Waals surface area contributed by atoms with E-state index in [0.717, 1.165) is 42.9 Å². The van der Waals surface area contributed by atoms with E-state index >= 15 is 0 Å². The Bertz CT molecular complexity index is 998. The van der Waals surface area contributed by atoms with Crippen molar-refractivity contribution in [1.29, 1.82) is 0 Å². The molecule has 5 nitrogen and oxygen atoms in total. The second-order valence-corrected chi connectivity index (χ2v) is 9.08. The maximum absolute atomic E-state index is 11.3. The van der Waals surface area contributed by atoms with Crippen molar-refractivity contribution in [2.45, 2.75) is 44.6 Å². The lowest BCUT2D eigenvalue weighted by molar-refractivity contribution is -0.133. The first-order valence-corrected chi connectivity index (χ1v) is 11.5. The van der Waals surface area contributed by atoms with Crippen LogP contribution in [0.15, 0.2) is 58.5 Å². The van der Waals surface area contributed by atoms with Crippen molar-refractivity contribution < 1.29 is 9.90 Å². The van der Waals surface area contributed by atoms with Gasteiger partial charge in [-0.05, 0) is 44.0 Å². The largest absolute Gasteiger partial charge is 0.481 e. The van der Waals surface area contributed by atoms with E-state index in [2.05, 4.69) is 4.90 Å². The zero-order valence-electron chi connectivity index (χ0n) is 16.8. The molecule has 1 fully saturated rings. The molecule has 0 saturated heterocycles. The predicted molar refractivity (Wildman–Crippen MR) is 126 cm³/mol. The van der Waals surface area contributed by atoms with Crippen LogP contribution in [-0.2, 0) is 4.79 Å². The number of hydrogen-bond acceptors (Lipinski definition) is 4. The molecule has 7 heteroatoms. The van der Waals surface area contributed by atoms with Gasteiger partial charge in [0.05, 0.1) is 22.2 Å². The Morgan fingerprint density at radius 3 is 2.53 bits per heavy atom. The summed E-state index contributed by atoms with van der Waals surface area (Å²) in [5.41, 5.74) is 2.48. The molecule has 0 atom stereocenters. The first-order chi connectivity index (χ1) is 14.5. The van der Waals surface area contributed by atoms with Crippen molar-refractivity contribution in [2.24, 2.45) is 9.98 Å². The van der Waals surface area contributed by atoms with Gasteiger partial charge in [-0.25, -0.2) is 9.98 Å². The fraction of sp³-hybridized carbons (Fsp3) is 0.348. The summed E-state index contributed by atoms with van der Waals surface area (Å²) in [5, 5.41) is 10.5. The first-order valence-electron chi connectivity index (χ1n) is 10.1. The number of benzene rings is 2. The van der Waals surface area contributed by atoms with Crippen molar-refractivity contribution in [1.82, 2.24) is 0 Å². The van der Waals surface area contributed by atoms with E-state index < -0.39 is 11.5 Å². The fourth-order valence-corrected chi connectivity index (χ4v) is 5.20. The maximum atomic E-state index is 11.3. The van der Waals surface area contributed by atoms with Crippen LogP contribution in [0.1, 0.15) is 37.7 Å². The van der Waals surface area contributed by atoms with E-state index in [9.17, 15) is 9.90 Å². The molecule has 1 heterocycles. The van der Waals surface area contributed by atoms with Crippen molar-refractivity contribution in [3.05, 3.63) is 59.1 Å². The van der Waals surface area contributed by atoms with Gasteiger partial charge in [0.2, 0.25) is 0 Å². The van der Waals surface area contributed by atoms with Gasteiger partial charge in [0, 0.05) is 0 Å². The molecule has 2 aromatic carbocycles. The van der Waals surface area contributed by atoms with Gasteiger partial charge < -0.3 is 10.0 Å². The Labute approximate surface area is 185 Å². The fourth-order valence-electron chi connectivity index (χ4n) is 4.17. The molecule has 2 aliphatic rings. The number of anilines is 1. The van der Waals surface area contributed by atoms with Crippen molar-refractivity contribution in [3.8, 4) is 0 Å². The van der Waals surface area contributed by atoms with Gasteiger partial charge in [-0.2, -0.15) is 0 Å². The average molecular weight is 442 g/mol. The van der Waals surface area contributed by atoms with Gasteiger partial charge in [0.15, 0.2) is 11.0 Å². The second kappa shape index (κ2) is 8.82. The molecule has 1 aliphatic carbocycles. The minimum absolute atomic E-state index is 0.0618. The normalized spacial score (nSPS) is 19.3. The molecule has 4 rings (SSSR count). The molecule has 0 radical (unpaired) electrons. The molecule has 156 valence electrons. The molecule has 0 aromatic heterocycles. The number of thioether (sulfide) groups is 1. The number of para-hydroxylation sites is 1. The number of aliphatic carboxylic acids is 1. The van der Waals surface area contributed by atoms with Gasteiger partial charge in [0.25, 0.3) is 0 Å². The lowest BCUT2D eigenvalue weighted by Gasteiger charge is -2.42. The molecule has 1 aliphatic heterocycles. The van der Waals surface area contributed by atoms with E-state index in [1.54, 1.807) is 0 Å². The monoisotopic (exact) mass is 441 g/mol. The predicted octanol–water partition coefficient (Wildman–Crippen LogP) is 6.08. The smallest absolute Gasteiger partial charge is 0.313 e. The Balaban J connectivity index is 1.84. The summed E-state index contributed by atoms with van der Waals surface area (Å²) < 4.78 is 0. The Hall–Kier alpha value is -2.31. The summed E-state index contributed by atoms with van der Waals surface area (Å²) in [6.45, 7) is 2.05. The van der Waals surface area contributed by atoms with Crippen LogP contribution in [-0.4, -0.2) is 33.4 Å². The van der Waals surface area contributed by atoms with Crippen LogP contribution in [0.2, 0.25) is 5.02 Å². The molecule has 30 heavy (non-hydrogen) atoms. The van der Waals surface area contributed by atoms with E-state index in [-0.39, 0.29) is 5.75 Å². The number of carboxylic acid groups (broad SMARTS) is 1. The Morgan fingerprint density at radius 1 is 1.17 bits per heavy atom. The molecule has 1 N–H and O–H groups in total. The highest BCUT2D eigenvalue weighted by Crippen LogP contribution is 2.46. The minimum atomic E-state index is -0.872. The number of rotatable bonds is 4. The maximum Gasteiger partial charge on any atom is 0.313 e. The van der Waals surface area contributed by atoms with Gasteiger partial charge >= 0.3 is 5.97 Å². The summed E-state index contributed by atoms with van der Waals surface area (Å²) >= 11 is 7.82. The van der Waals surface area contributed by atoms with E-state index in [1.165, 1.54) is 23.7 Å².